The summed E-state index contributed by atoms with van der Waals surface area (Å²) < 4.78 is 6.85. The largest absolute Gasteiger partial charge is 0.455 e. The second-order valence-electron chi connectivity index (χ2n) is 3.52. The van der Waals surface area contributed by atoms with Gasteiger partial charge in [0.25, 0.3) is 5.91 Å². The van der Waals surface area contributed by atoms with Gasteiger partial charge in [-0.15, -0.1) is 0 Å². The van der Waals surface area contributed by atoms with Gasteiger partial charge in [-0.2, -0.15) is 0 Å². The SMILES string of the molecule is NCc1ccc(C(=O)Nc2c(Br)cccc2Br)o1. The molecule has 0 aliphatic carbocycles. The van der Waals surface area contributed by atoms with E-state index in [4.69, 9.17) is 10.2 Å². The first-order valence-electron chi connectivity index (χ1n) is 5.16. The minimum atomic E-state index is -0.317. The molecule has 0 atom stereocenters. The van der Waals surface area contributed by atoms with Crippen LogP contribution in [0.3, 0.4) is 0 Å². The van der Waals surface area contributed by atoms with Gasteiger partial charge in [-0.1, -0.05) is 6.07 Å². The van der Waals surface area contributed by atoms with E-state index in [0.29, 0.717) is 11.4 Å². The van der Waals surface area contributed by atoms with E-state index in [1.807, 2.05) is 18.2 Å². The fourth-order valence-electron chi connectivity index (χ4n) is 1.40. The van der Waals surface area contributed by atoms with Gasteiger partial charge in [0.05, 0.1) is 12.2 Å². The monoisotopic (exact) mass is 372 g/mol. The average Bonchev–Trinajstić information content (AvgIpc) is 2.82. The van der Waals surface area contributed by atoms with Crippen molar-refractivity contribution in [2.75, 3.05) is 5.32 Å². The summed E-state index contributed by atoms with van der Waals surface area (Å²) in [5, 5.41) is 2.76. The third-order valence-electron chi connectivity index (χ3n) is 2.29. The van der Waals surface area contributed by atoms with Crippen molar-refractivity contribution in [1.82, 2.24) is 0 Å². The number of rotatable bonds is 3. The summed E-state index contributed by atoms with van der Waals surface area (Å²) in [4.78, 5) is 12.0. The molecule has 18 heavy (non-hydrogen) atoms. The van der Waals surface area contributed by atoms with Gasteiger partial charge in [0.2, 0.25) is 0 Å². The smallest absolute Gasteiger partial charge is 0.291 e. The zero-order valence-corrected chi connectivity index (χ0v) is 12.4. The van der Waals surface area contributed by atoms with Crippen LogP contribution in [0.2, 0.25) is 0 Å². The molecule has 1 amide bonds. The summed E-state index contributed by atoms with van der Waals surface area (Å²) in [7, 11) is 0. The molecular weight excluding hydrogens is 364 g/mol. The van der Waals surface area contributed by atoms with Gasteiger partial charge in [-0.05, 0) is 56.1 Å². The molecule has 0 saturated heterocycles. The Morgan fingerprint density at radius 3 is 2.44 bits per heavy atom. The summed E-state index contributed by atoms with van der Waals surface area (Å²) >= 11 is 6.74. The highest BCUT2D eigenvalue weighted by Crippen LogP contribution is 2.30. The number of amides is 1. The van der Waals surface area contributed by atoms with Crippen LogP contribution in [-0.2, 0) is 6.54 Å². The van der Waals surface area contributed by atoms with Crippen molar-refractivity contribution in [2.45, 2.75) is 6.54 Å². The molecule has 3 N–H and O–H groups in total. The molecule has 4 nitrogen and oxygen atoms in total. The number of furan rings is 1. The number of halogens is 2. The van der Waals surface area contributed by atoms with Crippen molar-refractivity contribution in [2.24, 2.45) is 5.73 Å². The molecule has 2 aromatic rings. The molecule has 0 aliphatic rings. The van der Waals surface area contributed by atoms with Crippen LogP contribution in [0.5, 0.6) is 0 Å². The number of nitrogens with one attached hydrogen (secondary N) is 1. The molecule has 1 aromatic heterocycles. The maximum absolute atomic E-state index is 12.0. The third kappa shape index (κ3) is 2.82. The quantitative estimate of drug-likeness (QED) is 0.864. The number of hydrogen-bond acceptors (Lipinski definition) is 3. The van der Waals surface area contributed by atoms with Gasteiger partial charge in [0.15, 0.2) is 5.76 Å². The number of benzene rings is 1. The van der Waals surface area contributed by atoms with Crippen LogP contribution in [0.15, 0.2) is 43.7 Å². The lowest BCUT2D eigenvalue weighted by Gasteiger charge is -2.07. The first-order valence-corrected chi connectivity index (χ1v) is 6.74. The van der Waals surface area contributed by atoms with E-state index in [0.717, 1.165) is 8.95 Å². The number of nitrogens with two attached hydrogens (primary N) is 1. The molecule has 0 unspecified atom stereocenters. The van der Waals surface area contributed by atoms with E-state index >= 15 is 0 Å². The van der Waals surface area contributed by atoms with Crippen molar-refractivity contribution in [1.29, 1.82) is 0 Å². The highest BCUT2D eigenvalue weighted by molar-refractivity contribution is 9.11. The van der Waals surface area contributed by atoms with Gasteiger partial charge < -0.3 is 15.5 Å². The topological polar surface area (TPSA) is 68.3 Å². The van der Waals surface area contributed by atoms with Crippen LogP contribution in [0.25, 0.3) is 0 Å². The van der Waals surface area contributed by atoms with Crippen LogP contribution < -0.4 is 11.1 Å². The maximum atomic E-state index is 12.0. The Hall–Kier alpha value is -1.11. The van der Waals surface area contributed by atoms with Crippen molar-refractivity contribution < 1.29 is 9.21 Å². The average molecular weight is 374 g/mol. The zero-order valence-electron chi connectivity index (χ0n) is 9.24. The van der Waals surface area contributed by atoms with Gasteiger partial charge in [-0.3, -0.25) is 4.79 Å². The second-order valence-corrected chi connectivity index (χ2v) is 5.23. The first-order chi connectivity index (χ1) is 8.61. The minimum absolute atomic E-state index is 0.234. The fraction of sp³-hybridized carbons (Fsp3) is 0.0833. The lowest BCUT2D eigenvalue weighted by molar-refractivity contribution is 0.0995. The van der Waals surface area contributed by atoms with Gasteiger partial charge in [-0.25, -0.2) is 0 Å². The maximum Gasteiger partial charge on any atom is 0.291 e. The molecule has 6 heteroatoms. The summed E-state index contributed by atoms with van der Waals surface area (Å²) in [6.45, 7) is 0.270. The molecule has 1 heterocycles. The van der Waals surface area contributed by atoms with Crippen LogP contribution >= 0.6 is 31.9 Å². The lowest BCUT2D eigenvalue weighted by atomic mass is 10.3. The number of carbonyl (C=O) groups excluding carboxylic acids is 1. The van der Waals surface area contributed by atoms with E-state index in [-0.39, 0.29) is 18.2 Å². The zero-order chi connectivity index (χ0) is 13.1. The molecular formula is C12H10Br2N2O2. The Kier molecular flexibility index (Phi) is 4.21. The van der Waals surface area contributed by atoms with Gasteiger partial charge in [0.1, 0.15) is 5.76 Å². The predicted molar refractivity (Wildman–Crippen MR) is 76.4 cm³/mol. The van der Waals surface area contributed by atoms with Crippen molar-refractivity contribution in [3.8, 4) is 0 Å². The summed E-state index contributed by atoms with van der Waals surface area (Å²) in [6, 6.07) is 8.83. The Labute approximate surface area is 121 Å². The van der Waals surface area contributed by atoms with E-state index in [9.17, 15) is 4.79 Å². The van der Waals surface area contributed by atoms with Crippen molar-refractivity contribution in [3.63, 3.8) is 0 Å². The van der Waals surface area contributed by atoms with Crippen LogP contribution in [0.1, 0.15) is 16.3 Å². The number of para-hydroxylation sites is 1. The van der Waals surface area contributed by atoms with Crippen LogP contribution in [0.4, 0.5) is 5.69 Å². The molecule has 94 valence electrons. The molecule has 2 rings (SSSR count). The third-order valence-corrected chi connectivity index (χ3v) is 3.61. The molecule has 0 bridgehead atoms. The highest BCUT2D eigenvalue weighted by atomic mass is 79.9. The Morgan fingerprint density at radius 2 is 1.89 bits per heavy atom. The Morgan fingerprint density at radius 1 is 1.22 bits per heavy atom. The molecule has 0 fully saturated rings. The van der Waals surface area contributed by atoms with Gasteiger partial charge in [0, 0.05) is 8.95 Å². The van der Waals surface area contributed by atoms with Gasteiger partial charge >= 0.3 is 0 Å². The molecule has 0 spiro atoms. The van der Waals surface area contributed by atoms with E-state index in [2.05, 4.69) is 37.2 Å². The second kappa shape index (κ2) is 5.69. The van der Waals surface area contributed by atoms with Crippen molar-refractivity contribution >= 4 is 43.5 Å². The number of carbonyl (C=O) groups is 1. The minimum Gasteiger partial charge on any atom is -0.455 e. The molecule has 1 aromatic carbocycles. The van der Waals surface area contributed by atoms with Crippen LogP contribution in [-0.4, -0.2) is 5.91 Å². The first kappa shape index (κ1) is 13.3. The van der Waals surface area contributed by atoms with E-state index in [1.165, 1.54) is 0 Å². The summed E-state index contributed by atoms with van der Waals surface area (Å²) in [5.41, 5.74) is 6.08. The fourth-order valence-corrected chi connectivity index (χ4v) is 2.60. The highest BCUT2D eigenvalue weighted by Gasteiger charge is 2.14. The van der Waals surface area contributed by atoms with E-state index < -0.39 is 0 Å². The Bertz CT molecular complexity index is 561. The number of hydrogen-bond donors (Lipinski definition) is 2. The van der Waals surface area contributed by atoms with Crippen molar-refractivity contribution in [3.05, 3.63) is 50.8 Å². The summed E-state index contributed by atoms with van der Waals surface area (Å²) in [6.07, 6.45) is 0. The lowest BCUT2D eigenvalue weighted by Crippen LogP contribution is -2.11. The predicted octanol–water partition coefficient (Wildman–Crippen LogP) is 3.52. The Balaban J connectivity index is 2.21. The normalized spacial score (nSPS) is 10.4. The molecule has 0 saturated carbocycles. The standard InChI is InChI=1S/C12H10Br2N2O2/c13-8-2-1-3-9(14)11(8)16-12(17)10-5-4-7(6-15)18-10/h1-5H,6,15H2,(H,16,17). The molecule has 0 radical (unpaired) electrons. The van der Waals surface area contributed by atoms with E-state index in [1.54, 1.807) is 12.1 Å². The number of anilines is 1. The molecule has 0 aliphatic heterocycles. The summed E-state index contributed by atoms with van der Waals surface area (Å²) in [5.74, 6) is 0.492. The van der Waals surface area contributed by atoms with Crippen LogP contribution in [0, 0.1) is 0 Å².